The van der Waals surface area contributed by atoms with Crippen LogP contribution in [0.4, 0.5) is 0 Å². The molecule has 0 saturated heterocycles. The molecule has 134 valence electrons. The summed E-state index contributed by atoms with van der Waals surface area (Å²) in [7, 11) is 3.14. The van der Waals surface area contributed by atoms with Gasteiger partial charge >= 0.3 is 0 Å². The highest BCUT2D eigenvalue weighted by Crippen LogP contribution is 2.11. The number of aryl methyl sites for hydroxylation is 1. The Kier molecular flexibility index (Phi) is 11.7. The zero-order valence-corrected chi connectivity index (χ0v) is 14.8. The van der Waals surface area contributed by atoms with E-state index in [4.69, 9.17) is 8.37 Å². The molecule has 0 spiro atoms. The van der Waals surface area contributed by atoms with Crippen LogP contribution in [0.2, 0.25) is 0 Å². The van der Waals surface area contributed by atoms with Crippen molar-refractivity contribution >= 4 is 22.5 Å². The number of rotatable bonds is 6. The molecule has 2 aromatic carbocycles. The number of hydrogen-bond acceptors (Lipinski definition) is 4. The summed E-state index contributed by atoms with van der Waals surface area (Å²) < 4.78 is 36.4. The van der Waals surface area contributed by atoms with Gasteiger partial charge in [0.15, 0.2) is 0 Å². The van der Waals surface area contributed by atoms with E-state index < -0.39 is 22.5 Å². The Labute approximate surface area is 149 Å². The molecular formula is C16H24N2O4S2. The van der Waals surface area contributed by atoms with Crippen molar-refractivity contribution in [1.29, 1.82) is 0 Å². The number of benzene rings is 2. The lowest BCUT2D eigenvalue weighted by atomic mass is 10.2. The third kappa shape index (κ3) is 9.41. The molecular weight excluding hydrogens is 348 g/mol. The van der Waals surface area contributed by atoms with Crippen LogP contribution in [0.15, 0.2) is 54.6 Å². The van der Waals surface area contributed by atoms with E-state index in [1.807, 2.05) is 37.3 Å². The van der Waals surface area contributed by atoms with Crippen molar-refractivity contribution in [2.45, 2.75) is 14.4 Å². The Morgan fingerprint density at radius 2 is 1.17 bits per heavy atom. The lowest BCUT2D eigenvalue weighted by Crippen LogP contribution is -2.16. The van der Waals surface area contributed by atoms with Gasteiger partial charge in [0.05, 0.1) is 0 Å². The fourth-order valence-corrected chi connectivity index (χ4v) is 2.07. The summed E-state index contributed by atoms with van der Waals surface area (Å²) in [4.78, 5) is 0. The molecule has 2 aromatic rings. The van der Waals surface area contributed by atoms with Gasteiger partial charge in [0.1, 0.15) is 11.5 Å². The molecule has 0 aliphatic rings. The largest absolute Gasteiger partial charge is 0.389 e. The number of para-hydroxylation sites is 1. The summed E-state index contributed by atoms with van der Waals surface area (Å²) in [5, 5.41) is 0. The van der Waals surface area contributed by atoms with E-state index in [0.717, 1.165) is 5.56 Å². The van der Waals surface area contributed by atoms with E-state index in [9.17, 15) is 8.42 Å². The predicted octanol–water partition coefficient (Wildman–Crippen LogP) is 2.67. The molecule has 24 heavy (non-hydrogen) atoms. The topological polar surface area (TPSA) is 76.7 Å². The first kappa shape index (κ1) is 22.3. The van der Waals surface area contributed by atoms with Crippen LogP contribution < -0.4 is 17.8 Å². The maximum Gasteiger partial charge on any atom is 0.287 e. The van der Waals surface area contributed by atoms with Crippen molar-refractivity contribution in [1.82, 2.24) is 9.44 Å². The van der Waals surface area contributed by atoms with E-state index in [1.54, 1.807) is 38.4 Å². The molecule has 2 atom stereocenters. The summed E-state index contributed by atoms with van der Waals surface area (Å²) in [6.45, 7) is 1.98. The van der Waals surface area contributed by atoms with Crippen LogP contribution in [0, 0.1) is 6.92 Å². The predicted molar refractivity (Wildman–Crippen MR) is 100 cm³/mol. The highest BCUT2D eigenvalue weighted by molar-refractivity contribution is 7.78. The van der Waals surface area contributed by atoms with E-state index in [0.29, 0.717) is 11.5 Å². The normalized spacial score (nSPS) is 12.0. The standard InChI is InChI=1S/C8H11NO2S.C7H9NO2S.CH4/c1-7-3-5-8(6-4-7)11-12(10)9-2;1-8-11(9)10-7-5-3-2-4-6-7;/h3-6,9H,1-2H3;2-6,8H,1H3;1H4. The second kappa shape index (κ2) is 12.7. The molecule has 0 aliphatic carbocycles. The van der Waals surface area contributed by atoms with Gasteiger partial charge in [-0.3, -0.25) is 0 Å². The van der Waals surface area contributed by atoms with Gasteiger partial charge in [-0.25, -0.2) is 9.44 Å². The number of hydrogen-bond donors (Lipinski definition) is 2. The van der Waals surface area contributed by atoms with Crippen LogP contribution in [0.3, 0.4) is 0 Å². The fourth-order valence-electron chi connectivity index (χ4n) is 1.33. The molecule has 2 N–H and O–H groups in total. The third-order valence-corrected chi connectivity index (χ3v) is 3.80. The van der Waals surface area contributed by atoms with E-state index in [1.165, 1.54) is 0 Å². The van der Waals surface area contributed by atoms with Crippen LogP contribution >= 0.6 is 0 Å². The van der Waals surface area contributed by atoms with Crippen LogP contribution in [0.1, 0.15) is 13.0 Å². The summed E-state index contributed by atoms with van der Waals surface area (Å²) >= 11 is -2.86. The molecule has 0 bridgehead atoms. The highest BCUT2D eigenvalue weighted by Gasteiger charge is 1.97. The molecule has 0 aromatic heterocycles. The van der Waals surface area contributed by atoms with Crippen molar-refractivity contribution in [2.24, 2.45) is 0 Å². The Bertz CT molecular complexity index is 622. The van der Waals surface area contributed by atoms with Crippen molar-refractivity contribution in [3.63, 3.8) is 0 Å². The molecule has 6 nitrogen and oxygen atoms in total. The van der Waals surface area contributed by atoms with Gasteiger partial charge in [-0.15, -0.1) is 0 Å². The van der Waals surface area contributed by atoms with Gasteiger partial charge in [-0.05, 0) is 45.3 Å². The summed E-state index contributed by atoms with van der Waals surface area (Å²) in [6, 6.07) is 16.4. The van der Waals surface area contributed by atoms with Gasteiger partial charge < -0.3 is 8.37 Å². The third-order valence-electron chi connectivity index (χ3n) is 2.44. The lowest BCUT2D eigenvalue weighted by molar-refractivity contribution is 0.553. The monoisotopic (exact) mass is 372 g/mol. The first-order valence-corrected chi connectivity index (χ1v) is 8.87. The Balaban J connectivity index is 0.000000425. The maximum atomic E-state index is 10.8. The molecule has 0 amide bonds. The van der Waals surface area contributed by atoms with Crippen molar-refractivity contribution in [2.75, 3.05) is 14.1 Å². The van der Waals surface area contributed by atoms with Crippen LogP contribution in [0.25, 0.3) is 0 Å². The van der Waals surface area contributed by atoms with Gasteiger partial charge in [-0.1, -0.05) is 43.3 Å². The second-order valence-electron chi connectivity index (χ2n) is 4.17. The van der Waals surface area contributed by atoms with Crippen molar-refractivity contribution in [3.8, 4) is 11.5 Å². The Hall–Kier alpha value is -1.74. The van der Waals surface area contributed by atoms with Crippen molar-refractivity contribution in [3.05, 3.63) is 60.2 Å². The summed E-state index contributed by atoms with van der Waals surface area (Å²) in [5.74, 6) is 1.20. The SMILES string of the molecule is C.CNS(=O)Oc1ccc(C)cc1.CNS(=O)Oc1ccccc1. The van der Waals surface area contributed by atoms with Crippen molar-refractivity contribution < 1.29 is 16.8 Å². The molecule has 2 unspecified atom stereocenters. The fraction of sp³-hybridized carbons (Fsp3) is 0.250. The quantitative estimate of drug-likeness (QED) is 0.817. The molecule has 2 rings (SSSR count). The van der Waals surface area contributed by atoms with E-state index >= 15 is 0 Å². The van der Waals surface area contributed by atoms with Crippen LogP contribution in [-0.4, -0.2) is 22.5 Å². The van der Waals surface area contributed by atoms with Gasteiger partial charge in [0.2, 0.25) is 0 Å². The lowest BCUT2D eigenvalue weighted by Gasteiger charge is -2.02. The Morgan fingerprint density at radius 1 is 0.750 bits per heavy atom. The zero-order valence-electron chi connectivity index (χ0n) is 13.1. The van der Waals surface area contributed by atoms with E-state index in [-0.39, 0.29) is 7.43 Å². The maximum absolute atomic E-state index is 10.8. The molecule has 8 heteroatoms. The minimum absolute atomic E-state index is 0. The van der Waals surface area contributed by atoms with Gasteiger partial charge in [0.25, 0.3) is 22.5 Å². The minimum atomic E-state index is -1.43. The summed E-state index contributed by atoms with van der Waals surface area (Å²) in [5.41, 5.74) is 1.15. The average molecular weight is 373 g/mol. The molecule has 0 radical (unpaired) electrons. The zero-order chi connectivity index (χ0) is 17.1. The molecule has 0 aliphatic heterocycles. The van der Waals surface area contributed by atoms with Crippen LogP contribution in [0.5, 0.6) is 11.5 Å². The molecule has 0 fully saturated rings. The first-order chi connectivity index (χ1) is 11.0. The minimum Gasteiger partial charge on any atom is -0.389 e. The van der Waals surface area contributed by atoms with Gasteiger partial charge in [-0.2, -0.15) is 8.42 Å². The second-order valence-corrected chi connectivity index (χ2v) is 6.26. The smallest absolute Gasteiger partial charge is 0.287 e. The first-order valence-electron chi connectivity index (χ1n) is 6.72. The summed E-state index contributed by atoms with van der Waals surface area (Å²) in [6.07, 6.45) is 0. The van der Waals surface area contributed by atoms with E-state index in [2.05, 4.69) is 9.44 Å². The Morgan fingerprint density at radius 3 is 1.58 bits per heavy atom. The molecule has 0 heterocycles. The van der Waals surface area contributed by atoms with Gasteiger partial charge in [0, 0.05) is 0 Å². The number of nitrogens with one attached hydrogen (secondary N) is 2. The van der Waals surface area contributed by atoms with Crippen LogP contribution in [-0.2, 0) is 22.5 Å². The average Bonchev–Trinajstić information content (AvgIpc) is 2.58. The highest BCUT2D eigenvalue weighted by atomic mass is 32.2. The molecule has 0 saturated carbocycles.